The van der Waals surface area contributed by atoms with Crippen molar-refractivity contribution in [3.05, 3.63) is 34.6 Å². The molecule has 0 radical (unpaired) electrons. The third kappa shape index (κ3) is 5.36. The lowest BCUT2D eigenvalue weighted by molar-refractivity contribution is 0.0226. The van der Waals surface area contributed by atoms with Gasteiger partial charge in [0, 0.05) is 30.7 Å². The average Bonchev–Trinajstić information content (AvgIpc) is 2.88. The largest absolute Gasteiger partial charge is 0.444 e. The van der Waals surface area contributed by atoms with E-state index in [1.807, 2.05) is 20.8 Å². The standard InChI is InChI=1S/C17H24ClFN2O2/c1-17(2,3)23-16(22)21-8-4-5-14(21)11-20-10-12-6-7-13(19)9-15(12)18/h6-7,9,14,20H,4-5,8,10-11H2,1-3H3. The van der Waals surface area contributed by atoms with E-state index < -0.39 is 5.60 Å². The molecule has 1 aliphatic rings. The summed E-state index contributed by atoms with van der Waals surface area (Å²) in [5.41, 5.74) is 0.356. The third-order valence-electron chi connectivity index (χ3n) is 3.72. The maximum absolute atomic E-state index is 13.0. The van der Waals surface area contributed by atoms with Crippen molar-refractivity contribution in [3.63, 3.8) is 0 Å². The summed E-state index contributed by atoms with van der Waals surface area (Å²) in [5.74, 6) is -0.342. The molecule has 0 spiro atoms. The molecule has 2 rings (SSSR count). The van der Waals surface area contributed by atoms with E-state index in [0.717, 1.165) is 24.9 Å². The van der Waals surface area contributed by atoms with Gasteiger partial charge >= 0.3 is 6.09 Å². The quantitative estimate of drug-likeness (QED) is 0.900. The topological polar surface area (TPSA) is 41.6 Å². The molecule has 1 heterocycles. The highest BCUT2D eigenvalue weighted by molar-refractivity contribution is 6.31. The lowest BCUT2D eigenvalue weighted by Crippen LogP contribution is -2.44. The second-order valence-corrected chi connectivity index (χ2v) is 7.24. The van der Waals surface area contributed by atoms with Gasteiger partial charge < -0.3 is 15.0 Å². The molecule has 0 saturated carbocycles. The van der Waals surface area contributed by atoms with Crippen molar-refractivity contribution in [1.29, 1.82) is 0 Å². The lowest BCUT2D eigenvalue weighted by Gasteiger charge is -2.28. The first-order chi connectivity index (χ1) is 10.8. The van der Waals surface area contributed by atoms with Crippen LogP contribution in [0, 0.1) is 5.82 Å². The zero-order valence-corrected chi connectivity index (χ0v) is 14.6. The second kappa shape index (κ2) is 7.49. The van der Waals surface area contributed by atoms with Crippen LogP contribution < -0.4 is 5.32 Å². The van der Waals surface area contributed by atoms with Gasteiger partial charge in [0.05, 0.1) is 0 Å². The van der Waals surface area contributed by atoms with Crippen LogP contribution >= 0.6 is 11.6 Å². The molecule has 0 aromatic heterocycles. The molecule has 1 N–H and O–H groups in total. The van der Waals surface area contributed by atoms with E-state index in [-0.39, 0.29) is 18.0 Å². The van der Waals surface area contributed by atoms with Crippen LogP contribution in [-0.2, 0) is 11.3 Å². The molecule has 1 fully saturated rings. The fraction of sp³-hybridized carbons (Fsp3) is 0.588. The van der Waals surface area contributed by atoms with Crippen molar-refractivity contribution in [2.75, 3.05) is 13.1 Å². The summed E-state index contributed by atoms with van der Waals surface area (Å²) >= 11 is 6.01. The molecule has 6 heteroatoms. The highest BCUT2D eigenvalue weighted by Crippen LogP contribution is 2.21. The number of benzene rings is 1. The number of carbonyl (C=O) groups excluding carboxylic acids is 1. The number of halogens is 2. The van der Waals surface area contributed by atoms with E-state index in [1.165, 1.54) is 12.1 Å². The van der Waals surface area contributed by atoms with Crippen LogP contribution in [0.1, 0.15) is 39.2 Å². The normalized spacial score (nSPS) is 18.3. The van der Waals surface area contributed by atoms with Crippen molar-refractivity contribution in [2.45, 2.75) is 51.8 Å². The van der Waals surface area contributed by atoms with Crippen molar-refractivity contribution in [1.82, 2.24) is 10.2 Å². The van der Waals surface area contributed by atoms with Crippen LogP contribution in [-0.4, -0.2) is 35.7 Å². The van der Waals surface area contributed by atoms with Crippen LogP contribution in [0.5, 0.6) is 0 Å². The lowest BCUT2D eigenvalue weighted by atomic mass is 10.2. The van der Waals surface area contributed by atoms with Gasteiger partial charge in [-0.2, -0.15) is 0 Å². The van der Waals surface area contributed by atoms with E-state index in [0.29, 0.717) is 18.1 Å². The van der Waals surface area contributed by atoms with Gasteiger partial charge in [-0.1, -0.05) is 17.7 Å². The van der Waals surface area contributed by atoms with Crippen LogP contribution in [0.4, 0.5) is 9.18 Å². The zero-order chi connectivity index (χ0) is 17.0. The fourth-order valence-electron chi connectivity index (χ4n) is 2.65. The predicted octanol–water partition coefficient (Wildman–Crippen LogP) is 3.97. The van der Waals surface area contributed by atoms with Gasteiger partial charge in [0.1, 0.15) is 11.4 Å². The first kappa shape index (κ1) is 18.0. The smallest absolute Gasteiger partial charge is 0.410 e. The maximum Gasteiger partial charge on any atom is 0.410 e. The van der Waals surface area contributed by atoms with Gasteiger partial charge in [-0.25, -0.2) is 9.18 Å². The minimum absolute atomic E-state index is 0.115. The Morgan fingerprint density at radius 2 is 2.22 bits per heavy atom. The number of amides is 1. The van der Waals surface area contributed by atoms with E-state index >= 15 is 0 Å². The molecule has 1 aliphatic heterocycles. The van der Waals surface area contributed by atoms with Gasteiger partial charge in [0.15, 0.2) is 0 Å². The number of hydrogen-bond acceptors (Lipinski definition) is 3. The zero-order valence-electron chi connectivity index (χ0n) is 13.9. The van der Waals surface area contributed by atoms with Crippen LogP contribution in [0.3, 0.4) is 0 Å². The van der Waals surface area contributed by atoms with Crippen LogP contribution in [0.25, 0.3) is 0 Å². The van der Waals surface area contributed by atoms with E-state index in [9.17, 15) is 9.18 Å². The molecular formula is C17H24ClFN2O2. The molecule has 1 aromatic rings. The highest BCUT2D eigenvalue weighted by Gasteiger charge is 2.31. The Kier molecular flexibility index (Phi) is 5.87. The Hall–Kier alpha value is -1.33. The molecule has 1 amide bonds. The van der Waals surface area contributed by atoms with Crippen molar-refractivity contribution >= 4 is 17.7 Å². The molecule has 1 unspecified atom stereocenters. The van der Waals surface area contributed by atoms with Gasteiger partial charge in [-0.05, 0) is 51.3 Å². The number of ether oxygens (including phenoxy) is 1. The summed E-state index contributed by atoms with van der Waals surface area (Å²) in [7, 11) is 0. The van der Waals surface area contributed by atoms with Gasteiger partial charge in [-0.15, -0.1) is 0 Å². The summed E-state index contributed by atoms with van der Waals surface area (Å²) in [6.07, 6.45) is 1.66. The predicted molar refractivity (Wildman–Crippen MR) is 89.1 cm³/mol. The van der Waals surface area contributed by atoms with E-state index in [4.69, 9.17) is 16.3 Å². The molecule has 23 heavy (non-hydrogen) atoms. The summed E-state index contributed by atoms with van der Waals surface area (Å²) in [6.45, 7) is 7.52. The molecule has 0 bridgehead atoms. The SMILES string of the molecule is CC(C)(C)OC(=O)N1CCCC1CNCc1ccc(F)cc1Cl. The van der Waals surface area contributed by atoms with Crippen LogP contribution in [0.2, 0.25) is 5.02 Å². The van der Waals surface area contributed by atoms with Crippen molar-refractivity contribution in [2.24, 2.45) is 0 Å². The second-order valence-electron chi connectivity index (χ2n) is 6.84. The highest BCUT2D eigenvalue weighted by atomic mass is 35.5. The number of rotatable bonds is 4. The van der Waals surface area contributed by atoms with Crippen molar-refractivity contribution < 1.29 is 13.9 Å². The van der Waals surface area contributed by atoms with Gasteiger partial charge in [-0.3, -0.25) is 0 Å². The Morgan fingerprint density at radius 1 is 1.48 bits per heavy atom. The van der Waals surface area contributed by atoms with Crippen molar-refractivity contribution in [3.8, 4) is 0 Å². The van der Waals surface area contributed by atoms with Crippen LogP contribution in [0.15, 0.2) is 18.2 Å². The Morgan fingerprint density at radius 3 is 2.87 bits per heavy atom. The first-order valence-electron chi connectivity index (χ1n) is 7.90. The summed E-state index contributed by atoms with van der Waals surface area (Å²) in [5, 5.41) is 3.71. The fourth-order valence-corrected chi connectivity index (χ4v) is 2.88. The van der Waals surface area contributed by atoms with Gasteiger partial charge in [0.25, 0.3) is 0 Å². The molecule has 128 valence electrons. The number of nitrogens with one attached hydrogen (secondary N) is 1. The Bertz CT molecular complexity index is 560. The molecule has 1 saturated heterocycles. The summed E-state index contributed by atoms with van der Waals surface area (Å²) < 4.78 is 18.5. The average molecular weight is 343 g/mol. The van der Waals surface area contributed by atoms with E-state index in [2.05, 4.69) is 5.32 Å². The minimum Gasteiger partial charge on any atom is -0.444 e. The molecular weight excluding hydrogens is 319 g/mol. The third-order valence-corrected chi connectivity index (χ3v) is 4.07. The number of nitrogens with zero attached hydrogens (tertiary/aromatic N) is 1. The molecule has 1 aromatic carbocycles. The van der Waals surface area contributed by atoms with Gasteiger partial charge in [0.2, 0.25) is 0 Å². The first-order valence-corrected chi connectivity index (χ1v) is 8.28. The molecule has 0 aliphatic carbocycles. The summed E-state index contributed by atoms with van der Waals surface area (Å²) in [6, 6.07) is 4.49. The Balaban J connectivity index is 1.85. The minimum atomic E-state index is -0.487. The number of hydrogen-bond donors (Lipinski definition) is 1. The Labute approximate surface area is 141 Å². The molecule has 4 nitrogen and oxygen atoms in total. The van der Waals surface area contributed by atoms with E-state index in [1.54, 1.807) is 11.0 Å². The summed E-state index contributed by atoms with van der Waals surface area (Å²) in [4.78, 5) is 14.0. The molecule has 1 atom stereocenters. The number of likely N-dealkylation sites (tertiary alicyclic amines) is 1. The monoisotopic (exact) mass is 342 g/mol. The number of carbonyl (C=O) groups is 1. The maximum atomic E-state index is 13.0.